The number of hydrogen-bond donors (Lipinski definition) is 4. The number of amides is 2. The molecule has 1 rings (SSSR count). The van der Waals surface area contributed by atoms with Crippen molar-refractivity contribution in [3.8, 4) is 0 Å². The average molecular weight is 244 g/mol. The van der Waals surface area contributed by atoms with Crippen LogP contribution in [0.1, 0.15) is 20.3 Å². The van der Waals surface area contributed by atoms with Crippen molar-refractivity contribution in [3.63, 3.8) is 0 Å². The van der Waals surface area contributed by atoms with Crippen molar-refractivity contribution in [2.75, 3.05) is 13.2 Å². The van der Waals surface area contributed by atoms with Gasteiger partial charge in [0, 0.05) is 6.61 Å². The molecule has 98 valence electrons. The minimum absolute atomic E-state index is 0.00202. The molecule has 2 amide bonds. The lowest BCUT2D eigenvalue weighted by Gasteiger charge is -2.22. The van der Waals surface area contributed by atoms with Gasteiger partial charge in [0.2, 0.25) is 0 Å². The summed E-state index contributed by atoms with van der Waals surface area (Å²) in [5.41, 5.74) is 5.51. The fourth-order valence-electron chi connectivity index (χ4n) is 1.66. The van der Waals surface area contributed by atoms with Gasteiger partial charge in [0.15, 0.2) is 5.84 Å². The summed E-state index contributed by atoms with van der Waals surface area (Å²) < 4.78 is 5.15. The van der Waals surface area contributed by atoms with Gasteiger partial charge in [-0.2, -0.15) is 0 Å². The summed E-state index contributed by atoms with van der Waals surface area (Å²) in [5.74, 6) is 0.0364. The maximum atomic E-state index is 11.7. The Morgan fingerprint density at radius 1 is 1.59 bits per heavy atom. The number of urea groups is 1. The summed E-state index contributed by atoms with van der Waals surface area (Å²) in [6.45, 7) is 4.95. The Kier molecular flexibility index (Phi) is 5.02. The molecule has 0 radical (unpaired) electrons. The van der Waals surface area contributed by atoms with Crippen LogP contribution in [-0.2, 0) is 4.74 Å². The second kappa shape index (κ2) is 6.29. The van der Waals surface area contributed by atoms with E-state index in [1.165, 1.54) is 0 Å². The Labute approximate surface area is 100 Å². The van der Waals surface area contributed by atoms with Gasteiger partial charge < -0.3 is 26.3 Å². The number of ether oxygens (including phenoxy) is 1. The molecule has 0 aromatic rings. The second-order valence-electron chi connectivity index (χ2n) is 4.42. The number of hydrogen-bond acceptors (Lipinski definition) is 4. The van der Waals surface area contributed by atoms with Crippen molar-refractivity contribution in [2.45, 2.75) is 32.4 Å². The molecular formula is C10H20N4O3. The third-order valence-electron chi connectivity index (χ3n) is 2.65. The van der Waals surface area contributed by atoms with Crippen LogP contribution in [0.2, 0.25) is 0 Å². The van der Waals surface area contributed by atoms with Crippen LogP contribution in [0.15, 0.2) is 5.16 Å². The zero-order chi connectivity index (χ0) is 12.8. The van der Waals surface area contributed by atoms with E-state index in [4.69, 9.17) is 15.7 Å². The van der Waals surface area contributed by atoms with Gasteiger partial charge >= 0.3 is 6.03 Å². The Morgan fingerprint density at radius 3 is 2.76 bits per heavy atom. The van der Waals surface area contributed by atoms with Gasteiger partial charge in [0.1, 0.15) is 0 Å². The SMILES string of the molecule is CC(C)C(NC(=O)NC1CCOC1)C(N)=NO. The maximum Gasteiger partial charge on any atom is 0.315 e. The second-order valence-corrected chi connectivity index (χ2v) is 4.42. The smallest absolute Gasteiger partial charge is 0.315 e. The number of nitrogens with two attached hydrogens (primary N) is 1. The fraction of sp³-hybridized carbons (Fsp3) is 0.800. The molecule has 1 saturated heterocycles. The Balaban J connectivity index is 2.46. The van der Waals surface area contributed by atoms with Crippen LogP contribution in [0.3, 0.4) is 0 Å². The molecule has 7 heteroatoms. The standard InChI is InChI=1S/C10H20N4O3/c1-6(2)8(9(11)14-16)13-10(15)12-7-3-4-17-5-7/h6-8,16H,3-5H2,1-2H3,(H2,11,14)(H2,12,13,15). The molecule has 5 N–H and O–H groups in total. The number of carbonyl (C=O) groups excluding carboxylic acids is 1. The zero-order valence-electron chi connectivity index (χ0n) is 10.1. The van der Waals surface area contributed by atoms with E-state index in [1.807, 2.05) is 13.8 Å². The normalized spacial score (nSPS) is 22.5. The van der Waals surface area contributed by atoms with Crippen LogP contribution in [0, 0.1) is 5.92 Å². The average Bonchev–Trinajstić information content (AvgIpc) is 2.77. The van der Waals surface area contributed by atoms with Crippen LogP contribution in [0.5, 0.6) is 0 Å². The first-order valence-electron chi connectivity index (χ1n) is 5.66. The first-order valence-corrected chi connectivity index (χ1v) is 5.66. The van der Waals surface area contributed by atoms with E-state index < -0.39 is 6.04 Å². The van der Waals surface area contributed by atoms with Crippen molar-refractivity contribution in [1.29, 1.82) is 0 Å². The van der Waals surface area contributed by atoms with Crippen LogP contribution < -0.4 is 16.4 Å². The summed E-state index contributed by atoms with van der Waals surface area (Å²) >= 11 is 0. The van der Waals surface area contributed by atoms with E-state index >= 15 is 0 Å². The minimum Gasteiger partial charge on any atom is -0.409 e. The van der Waals surface area contributed by atoms with E-state index in [-0.39, 0.29) is 23.8 Å². The molecule has 0 saturated carbocycles. The monoisotopic (exact) mass is 244 g/mol. The summed E-state index contributed by atoms with van der Waals surface area (Å²) in [7, 11) is 0. The van der Waals surface area contributed by atoms with Gasteiger partial charge in [0.05, 0.1) is 18.7 Å². The summed E-state index contributed by atoms with van der Waals surface area (Å²) in [6, 6.07) is -0.775. The zero-order valence-corrected chi connectivity index (χ0v) is 10.1. The Morgan fingerprint density at radius 2 is 2.29 bits per heavy atom. The highest BCUT2D eigenvalue weighted by Gasteiger charge is 2.23. The molecule has 1 aliphatic heterocycles. The highest BCUT2D eigenvalue weighted by atomic mass is 16.5. The molecule has 1 aliphatic rings. The Hall–Kier alpha value is -1.50. The predicted octanol–water partition coefficient (Wildman–Crippen LogP) is -0.154. The van der Waals surface area contributed by atoms with Crippen molar-refractivity contribution < 1.29 is 14.7 Å². The number of carbonyl (C=O) groups is 1. The predicted molar refractivity (Wildman–Crippen MR) is 62.9 cm³/mol. The Bertz CT molecular complexity index is 287. The van der Waals surface area contributed by atoms with Crippen LogP contribution in [-0.4, -0.2) is 42.4 Å². The molecule has 0 aromatic carbocycles. The van der Waals surface area contributed by atoms with Crippen LogP contribution in [0.4, 0.5) is 4.79 Å². The van der Waals surface area contributed by atoms with Gasteiger partial charge in [-0.3, -0.25) is 0 Å². The molecule has 1 fully saturated rings. The lowest BCUT2D eigenvalue weighted by Crippen LogP contribution is -2.53. The molecule has 0 spiro atoms. The molecular weight excluding hydrogens is 224 g/mol. The summed E-state index contributed by atoms with van der Waals surface area (Å²) in [5, 5.41) is 17.0. The lowest BCUT2D eigenvalue weighted by molar-refractivity contribution is 0.188. The molecule has 0 aliphatic carbocycles. The molecule has 2 atom stereocenters. The van der Waals surface area contributed by atoms with E-state index in [2.05, 4.69) is 15.8 Å². The highest BCUT2D eigenvalue weighted by Crippen LogP contribution is 2.04. The van der Waals surface area contributed by atoms with Crippen molar-refractivity contribution in [3.05, 3.63) is 0 Å². The number of nitrogens with one attached hydrogen (secondary N) is 2. The molecule has 0 aromatic heterocycles. The van der Waals surface area contributed by atoms with E-state index in [0.717, 1.165) is 6.42 Å². The van der Waals surface area contributed by atoms with E-state index in [0.29, 0.717) is 13.2 Å². The fourth-order valence-corrected chi connectivity index (χ4v) is 1.66. The number of amidine groups is 1. The van der Waals surface area contributed by atoms with Crippen molar-refractivity contribution in [2.24, 2.45) is 16.8 Å². The van der Waals surface area contributed by atoms with Crippen LogP contribution >= 0.6 is 0 Å². The van der Waals surface area contributed by atoms with E-state index in [9.17, 15) is 4.79 Å². The van der Waals surface area contributed by atoms with Crippen LogP contribution in [0.25, 0.3) is 0 Å². The molecule has 0 bridgehead atoms. The molecule has 17 heavy (non-hydrogen) atoms. The van der Waals surface area contributed by atoms with Gasteiger partial charge in [0.25, 0.3) is 0 Å². The van der Waals surface area contributed by atoms with Crippen molar-refractivity contribution in [1.82, 2.24) is 10.6 Å². The van der Waals surface area contributed by atoms with Crippen molar-refractivity contribution >= 4 is 11.9 Å². The topological polar surface area (TPSA) is 109 Å². The number of rotatable bonds is 4. The van der Waals surface area contributed by atoms with Gasteiger partial charge in [-0.05, 0) is 12.3 Å². The van der Waals surface area contributed by atoms with E-state index in [1.54, 1.807) is 0 Å². The quantitative estimate of drug-likeness (QED) is 0.238. The first kappa shape index (κ1) is 13.6. The molecule has 2 unspecified atom stereocenters. The lowest BCUT2D eigenvalue weighted by atomic mass is 10.0. The third kappa shape index (κ3) is 4.10. The van der Waals surface area contributed by atoms with Gasteiger partial charge in [-0.1, -0.05) is 19.0 Å². The first-order chi connectivity index (χ1) is 8.04. The highest BCUT2D eigenvalue weighted by molar-refractivity contribution is 5.89. The number of nitrogens with zero attached hydrogens (tertiary/aromatic N) is 1. The van der Waals surface area contributed by atoms with Gasteiger partial charge in [-0.15, -0.1) is 0 Å². The molecule has 1 heterocycles. The summed E-state index contributed by atoms with van der Waals surface area (Å²) in [4.78, 5) is 11.7. The number of oxime groups is 1. The third-order valence-corrected chi connectivity index (χ3v) is 2.65. The largest absolute Gasteiger partial charge is 0.409 e. The minimum atomic E-state index is -0.484. The maximum absolute atomic E-state index is 11.7. The van der Waals surface area contributed by atoms with Gasteiger partial charge in [-0.25, -0.2) is 4.79 Å². The molecule has 7 nitrogen and oxygen atoms in total. The summed E-state index contributed by atoms with van der Waals surface area (Å²) in [6.07, 6.45) is 0.809.